The van der Waals surface area contributed by atoms with Gasteiger partial charge in [-0.05, 0) is 72.0 Å². The summed E-state index contributed by atoms with van der Waals surface area (Å²) in [7, 11) is -1.25. The zero-order valence-electron chi connectivity index (χ0n) is 18.3. The number of nitrogens with zero attached hydrogens (tertiary/aromatic N) is 5. The van der Waals surface area contributed by atoms with Gasteiger partial charge in [0.1, 0.15) is 5.82 Å². The second-order valence-corrected chi connectivity index (χ2v) is 11.0. The third-order valence-electron chi connectivity index (χ3n) is 6.23. The van der Waals surface area contributed by atoms with Gasteiger partial charge in [-0.15, -0.1) is 10.2 Å². The van der Waals surface area contributed by atoms with Gasteiger partial charge in [-0.1, -0.05) is 36.4 Å². The van der Waals surface area contributed by atoms with Crippen molar-refractivity contribution in [3.63, 3.8) is 0 Å². The zero-order chi connectivity index (χ0) is 23.4. The van der Waals surface area contributed by atoms with E-state index in [1.165, 1.54) is 0 Å². The number of halogens is 1. The summed E-state index contributed by atoms with van der Waals surface area (Å²) < 4.78 is 26.7. The van der Waals surface area contributed by atoms with Crippen molar-refractivity contribution in [3.05, 3.63) is 78.1 Å². The van der Waals surface area contributed by atoms with E-state index >= 15 is 0 Å². The summed E-state index contributed by atoms with van der Waals surface area (Å²) in [5, 5.41) is 9.04. The highest BCUT2D eigenvalue weighted by molar-refractivity contribution is 7.92. The van der Waals surface area contributed by atoms with E-state index < -0.39 is 9.84 Å². The Kier molecular flexibility index (Phi) is 4.82. The molecule has 170 valence electrons. The van der Waals surface area contributed by atoms with Gasteiger partial charge in [0.05, 0.1) is 15.7 Å². The Labute approximate surface area is 201 Å². The average Bonchev–Trinajstić information content (AvgIpc) is 3.67. The molecule has 0 spiro atoms. The van der Waals surface area contributed by atoms with Crippen LogP contribution in [-0.2, 0) is 9.84 Å². The molecule has 9 heteroatoms. The summed E-state index contributed by atoms with van der Waals surface area (Å²) in [4.78, 5) is 7.12. The second-order valence-electron chi connectivity index (χ2n) is 8.44. The van der Waals surface area contributed by atoms with Crippen LogP contribution >= 0.6 is 11.6 Å². The van der Waals surface area contributed by atoms with Crippen molar-refractivity contribution in [1.29, 1.82) is 0 Å². The Hall–Kier alpha value is -3.49. The van der Waals surface area contributed by atoms with Crippen molar-refractivity contribution < 1.29 is 8.42 Å². The maximum absolute atomic E-state index is 12.5. The van der Waals surface area contributed by atoms with Crippen molar-refractivity contribution in [3.8, 4) is 11.1 Å². The highest BCUT2D eigenvalue weighted by Crippen LogP contribution is 2.35. The molecule has 3 aromatic carbocycles. The van der Waals surface area contributed by atoms with Gasteiger partial charge < -0.3 is 4.90 Å². The molecule has 0 atom stereocenters. The molecule has 2 heterocycles. The molecule has 0 radical (unpaired) electrons. The van der Waals surface area contributed by atoms with E-state index in [1.54, 1.807) is 16.5 Å². The topological polar surface area (TPSA) is 80.5 Å². The first-order chi connectivity index (χ1) is 16.4. The quantitative estimate of drug-likeness (QED) is 0.333. The highest BCUT2D eigenvalue weighted by atomic mass is 35.5. The number of aromatic nitrogens is 4. The van der Waals surface area contributed by atoms with E-state index in [2.05, 4.69) is 16.3 Å². The average molecular weight is 490 g/mol. The lowest BCUT2D eigenvalue weighted by atomic mass is 10.0. The molecule has 0 bridgehead atoms. The molecule has 1 fully saturated rings. The fourth-order valence-corrected chi connectivity index (χ4v) is 6.09. The maximum Gasteiger partial charge on any atom is 0.258 e. The van der Waals surface area contributed by atoms with Crippen LogP contribution in [0.4, 0.5) is 11.5 Å². The van der Waals surface area contributed by atoms with E-state index in [9.17, 15) is 8.42 Å². The fraction of sp³-hybridized carbons (Fsp3) is 0.160. The lowest BCUT2D eigenvalue weighted by Gasteiger charge is -2.21. The van der Waals surface area contributed by atoms with Crippen molar-refractivity contribution in [2.75, 3.05) is 11.9 Å². The van der Waals surface area contributed by atoms with Gasteiger partial charge in [0.2, 0.25) is 5.28 Å². The summed E-state index contributed by atoms with van der Waals surface area (Å²) in [5.74, 6) is 1.16. The van der Waals surface area contributed by atoms with Crippen molar-refractivity contribution >= 4 is 49.6 Å². The van der Waals surface area contributed by atoms with E-state index in [1.807, 2.05) is 66.5 Å². The number of sulfone groups is 1. The molecule has 34 heavy (non-hydrogen) atoms. The minimum Gasteiger partial charge on any atom is -0.329 e. The molecule has 0 saturated heterocycles. The molecule has 0 aliphatic heterocycles. The molecule has 0 amide bonds. The zero-order valence-corrected chi connectivity index (χ0v) is 19.8. The molecule has 7 nitrogen and oxygen atoms in total. The van der Waals surface area contributed by atoms with E-state index in [0.29, 0.717) is 10.7 Å². The van der Waals surface area contributed by atoms with Gasteiger partial charge in [0.25, 0.3) is 5.78 Å². The van der Waals surface area contributed by atoms with Crippen molar-refractivity contribution in [2.24, 2.45) is 0 Å². The summed E-state index contributed by atoms with van der Waals surface area (Å²) in [6, 6.07) is 23.0. The largest absolute Gasteiger partial charge is 0.329 e. The number of hydrogen-bond acceptors (Lipinski definition) is 6. The Morgan fingerprint density at radius 2 is 1.71 bits per heavy atom. The first-order valence-electron chi connectivity index (χ1n) is 10.9. The third-order valence-corrected chi connectivity index (χ3v) is 8.75. The first kappa shape index (κ1) is 21.1. The smallest absolute Gasteiger partial charge is 0.258 e. The predicted octanol–water partition coefficient (Wildman–Crippen LogP) is 5.30. The Balaban J connectivity index is 1.39. The van der Waals surface area contributed by atoms with Gasteiger partial charge in [-0.25, -0.2) is 12.8 Å². The third kappa shape index (κ3) is 3.41. The van der Waals surface area contributed by atoms with Gasteiger partial charge in [-0.3, -0.25) is 0 Å². The molecule has 2 aromatic heterocycles. The van der Waals surface area contributed by atoms with Crippen LogP contribution in [-0.4, -0.2) is 40.3 Å². The maximum atomic E-state index is 12.5. The molecular weight excluding hydrogens is 470 g/mol. The van der Waals surface area contributed by atoms with Gasteiger partial charge in [0, 0.05) is 18.1 Å². The molecule has 6 rings (SSSR count). The summed E-state index contributed by atoms with van der Waals surface area (Å²) >= 11 is 6.25. The Morgan fingerprint density at radius 1 is 0.941 bits per heavy atom. The highest BCUT2D eigenvalue weighted by Gasteiger charge is 2.36. The number of benzene rings is 3. The number of para-hydroxylation sites is 1. The van der Waals surface area contributed by atoms with Crippen molar-refractivity contribution in [2.45, 2.75) is 23.0 Å². The summed E-state index contributed by atoms with van der Waals surface area (Å²) in [5.41, 5.74) is 3.73. The van der Waals surface area contributed by atoms with Crippen LogP contribution in [0.2, 0.25) is 5.28 Å². The van der Waals surface area contributed by atoms with Crippen LogP contribution in [0.3, 0.4) is 0 Å². The summed E-state index contributed by atoms with van der Waals surface area (Å²) in [6.07, 6.45) is 1.52. The molecule has 5 aromatic rings. The second kappa shape index (κ2) is 7.78. The predicted molar refractivity (Wildman–Crippen MR) is 133 cm³/mol. The van der Waals surface area contributed by atoms with E-state index in [0.717, 1.165) is 46.4 Å². The van der Waals surface area contributed by atoms with Crippen LogP contribution in [0.1, 0.15) is 12.8 Å². The molecule has 0 N–H and O–H groups in total. The molecule has 1 aliphatic carbocycles. The number of fused-ring (bicyclic) bond motifs is 3. The van der Waals surface area contributed by atoms with Crippen LogP contribution in [0.15, 0.2) is 77.7 Å². The van der Waals surface area contributed by atoms with Crippen LogP contribution < -0.4 is 4.90 Å². The standard InChI is InChI=1S/C25H20ClN5O2S/c1-30(23-21-7-2-3-8-22(21)31-24(26)28-29-25(31)27-23)18-6-4-5-17(15-18)16-9-11-19(12-10-16)34(32,33)20-13-14-20/h2-12,15,20H,13-14H2,1H3. The molecule has 1 saturated carbocycles. The minimum absolute atomic E-state index is 0.213. The van der Waals surface area contributed by atoms with E-state index in [4.69, 9.17) is 16.6 Å². The van der Waals surface area contributed by atoms with Crippen LogP contribution in [0, 0.1) is 0 Å². The van der Waals surface area contributed by atoms with E-state index in [-0.39, 0.29) is 10.5 Å². The number of rotatable bonds is 5. The molecule has 0 unspecified atom stereocenters. The van der Waals surface area contributed by atoms with Gasteiger partial charge in [-0.2, -0.15) is 4.98 Å². The normalized spacial score (nSPS) is 14.1. The Bertz CT molecular complexity index is 1660. The van der Waals surface area contributed by atoms with Crippen LogP contribution in [0.5, 0.6) is 0 Å². The first-order valence-corrected chi connectivity index (χ1v) is 12.8. The Morgan fingerprint density at radius 3 is 2.47 bits per heavy atom. The number of hydrogen-bond donors (Lipinski definition) is 0. The fourth-order valence-electron chi connectivity index (χ4n) is 4.23. The summed E-state index contributed by atoms with van der Waals surface area (Å²) in [6.45, 7) is 0. The van der Waals surface area contributed by atoms with Gasteiger partial charge >= 0.3 is 0 Å². The SMILES string of the molecule is CN(c1cccc(-c2ccc(S(=O)(=O)C3CC3)cc2)c1)c1nc2nnc(Cl)n2c2ccccc12. The van der Waals surface area contributed by atoms with Crippen molar-refractivity contribution in [1.82, 2.24) is 19.6 Å². The lowest BCUT2D eigenvalue weighted by molar-refractivity contribution is 0.595. The minimum atomic E-state index is -3.20. The lowest BCUT2D eigenvalue weighted by Crippen LogP contribution is -2.13. The molecular formula is C25H20ClN5O2S. The van der Waals surface area contributed by atoms with Crippen LogP contribution in [0.25, 0.3) is 27.8 Å². The van der Waals surface area contributed by atoms with Gasteiger partial charge in [0.15, 0.2) is 9.84 Å². The molecule has 1 aliphatic rings. The number of anilines is 2. The monoisotopic (exact) mass is 489 g/mol.